The van der Waals surface area contributed by atoms with E-state index in [4.69, 9.17) is 22.1 Å². The molecule has 0 amide bonds. The highest BCUT2D eigenvalue weighted by Crippen LogP contribution is 2.29. The van der Waals surface area contributed by atoms with E-state index in [0.717, 1.165) is 12.2 Å². The van der Waals surface area contributed by atoms with Crippen LogP contribution >= 0.6 is 11.6 Å². The lowest BCUT2D eigenvalue weighted by molar-refractivity contribution is 0.482. The highest BCUT2D eigenvalue weighted by atomic mass is 35.5. The van der Waals surface area contributed by atoms with E-state index in [1.54, 1.807) is 0 Å². The van der Waals surface area contributed by atoms with Crippen LogP contribution in [-0.2, 0) is 6.42 Å². The van der Waals surface area contributed by atoms with Crippen LogP contribution in [0.3, 0.4) is 0 Å². The average molecular weight is 262 g/mol. The molecular formula is C15H16ClNO. The summed E-state index contributed by atoms with van der Waals surface area (Å²) in [6, 6.07) is 13.4. The van der Waals surface area contributed by atoms with Crippen molar-refractivity contribution in [1.29, 1.82) is 0 Å². The van der Waals surface area contributed by atoms with Crippen LogP contribution in [0.15, 0.2) is 42.5 Å². The maximum atomic E-state index is 6.05. The van der Waals surface area contributed by atoms with Crippen molar-refractivity contribution in [2.24, 2.45) is 5.73 Å². The summed E-state index contributed by atoms with van der Waals surface area (Å²) >= 11 is 6.05. The standard InChI is InChI=1S/C15H16ClNO/c1-11-10-13(7-6-12(11)8-9-17)18-15-5-3-2-4-14(15)16/h2-7,10H,8-9,17H2,1H3. The number of hydrogen-bond acceptors (Lipinski definition) is 2. The fourth-order valence-corrected chi connectivity index (χ4v) is 2.00. The van der Waals surface area contributed by atoms with Gasteiger partial charge < -0.3 is 10.5 Å². The molecule has 0 spiro atoms. The summed E-state index contributed by atoms with van der Waals surface area (Å²) in [6.45, 7) is 2.72. The van der Waals surface area contributed by atoms with Crippen LogP contribution in [0.5, 0.6) is 11.5 Å². The van der Waals surface area contributed by atoms with Crippen LogP contribution in [0.2, 0.25) is 5.02 Å². The van der Waals surface area contributed by atoms with Crippen molar-refractivity contribution < 1.29 is 4.74 Å². The Bertz CT molecular complexity index is 540. The lowest BCUT2D eigenvalue weighted by Gasteiger charge is -2.10. The van der Waals surface area contributed by atoms with Gasteiger partial charge in [0.1, 0.15) is 11.5 Å². The topological polar surface area (TPSA) is 35.2 Å². The molecule has 0 fully saturated rings. The fraction of sp³-hybridized carbons (Fsp3) is 0.200. The molecule has 18 heavy (non-hydrogen) atoms. The molecule has 0 aromatic heterocycles. The molecule has 94 valence electrons. The van der Waals surface area contributed by atoms with Crippen molar-refractivity contribution >= 4 is 11.6 Å². The molecule has 0 bridgehead atoms. The quantitative estimate of drug-likeness (QED) is 0.905. The second-order valence-corrected chi connectivity index (χ2v) is 4.57. The molecule has 0 aliphatic carbocycles. The van der Waals surface area contributed by atoms with Crippen LogP contribution in [0.25, 0.3) is 0 Å². The van der Waals surface area contributed by atoms with Crippen LogP contribution in [-0.4, -0.2) is 6.54 Å². The van der Waals surface area contributed by atoms with E-state index in [9.17, 15) is 0 Å². The molecule has 0 atom stereocenters. The number of aryl methyl sites for hydroxylation is 1. The van der Waals surface area contributed by atoms with Gasteiger partial charge in [0, 0.05) is 0 Å². The molecule has 0 unspecified atom stereocenters. The van der Waals surface area contributed by atoms with Crippen molar-refractivity contribution in [2.45, 2.75) is 13.3 Å². The molecular weight excluding hydrogens is 246 g/mol. The minimum absolute atomic E-state index is 0.612. The monoisotopic (exact) mass is 261 g/mol. The Hall–Kier alpha value is -1.51. The predicted octanol–water partition coefficient (Wildman–Crippen LogP) is 3.94. The van der Waals surface area contributed by atoms with Crippen LogP contribution in [0, 0.1) is 6.92 Å². The van der Waals surface area contributed by atoms with Gasteiger partial charge in [-0.3, -0.25) is 0 Å². The minimum atomic E-state index is 0.612. The number of hydrogen-bond donors (Lipinski definition) is 1. The van der Waals surface area contributed by atoms with Gasteiger partial charge in [0.05, 0.1) is 5.02 Å². The van der Waals surface area contributed by atoms with Gasteiger partial charge in [-0.1, -0.05) is 29.8 Å². The number of para-hydroxylation sites is 1. The fourth-order valence-electron chi connectivity index (χ4n) is 1.82. The third-order valence-corrected chi connectivity index (χ3v) is 3.10. The number of ether oxygens (including phenoxy) is 1. The summed E-state index contributed by atoms with van der Waals surface area (Å²) in [4.78, 5) is 0. The van der Waals surface area contributed by atoms with E-state index in [2.05, 4.69) is 6.92 Å². The Labute approximate surface area is 112 Å². The third-order valence-electron chi connectivity index (χ3n) is 2.79. The Morgan fingerprint density at radius 1 is 1.17 bits per heavy atom. The van der Waals surface area contributed by atoms with Gasteiger partial charge in [-0.2, -0.15) is 0 Å². The number of nitrogens with two attached hydrogens (primary N) is 1. The lowest BCUT2D eigenvalue weighted by Crippen LogP contribution is -2.04. The Morgan fingerprint density at radius 2 is 1.94 bits per heavy atom. The third kappa shape index (κ3) is 3.03. The highest BCUT2D eigenvalue weighted by Gasteiger charge is 2.04. The summed E-state index contributed by atoms with van der Waals surface area (Å²) in [7, 11) is 0. The van der Waals surface area contributed by atoms with Crippen molar-refractivity contribution in [3.8, 4) is 11.5 Å². The van der Waals surface area contributed by atoms with E-state index < -0.39 is 0 Å². The van der Waals surface area contributed by atoms with E-state index >= 15 is 0 Å². The normalized spacial score (nSPS) is 10.4. The van der Waals surface area contributed by atoms with Crippen molar-refractivity contribution in [3.63, 3.8) is 0 Å². The van der Waals surface area contributed by atoms with Gasteiger partial charge in [0.2, 0.25) is 0 Å². The van der Waals surface area contributed by atoms with Gasteiger partial charge in [0.25, 0.3) is 0 Å². The summed E-state index contributed by atoms with van der Waals surface area (Å²) in [5, 5.41) is 0.612. The smallest absolute Gasteiger partial charge is 0.146 e. The molecule has 3 heteroatoms. The zero-order valence-corrected chi connectivity index (χ0v) is 11.1. The zero-order chi connectivity index (χ0) is 13.0. The summed E-state index contributed by atoms with van der Waals surface area (Å²) in [5.74, 6) is 1.46. The zero-order valence-electron chi connectivity index (χ0n) is 10.3. The van der Waals surface area contributed by atoms with Crippen molar-refractivity contribution in [1.82, 2.24) is 0 Å². The van der Waals surface area contributed by atoms with Gasteiger partial charge >= 0.3 is 0 Å². The molecule has 2 N–H and O–H groups in total. The van der Waals surface area contributed by atoms with E-state index in [1.165, 1.54) is 11.1 Å². The molecule has 0 saturated carbocycles. The Kier molecular flexibility index (Phi) is 4.24. The second-order valence-electron chi connectivity index (χ2n) is 4.16. The first kappa shape index (κ1) is 12.9. The molecule has 0 radical (unpaired) electrons. The van der Waals surface area contributed by atoms with Gasteiger partial charge in [-0.05, 0) is 55.3 Å². The molecule has 0 saturated heterocycles. The molecule has 0 aliphatic heterocycles. The average Bonchev–Trinajstić information content (AvgIpc) is 2.36. The Balaban J connectivity index is 2.20. The van der Waals surface area contributed by atoms with Gasteiger partial charge in [0.15, 0.2) is 0 Å². The number of halogens is 1. The van der Waals surface area contributed by atoms with Crippen LogP contribution < -0.4 is 10.5 Å². The largest absolute Gasteiger partial charge is 0.456 e. The highest BCUT2D eigenvalue weighted by molar-refractivity contribution is 6.32. The van der Waals surface area contributed by atoms with Gasteiger partial charge in [-0.25, -0.2) is 0 Å². The molecule has 2 nitrogen and oxygen atoms in total. The first-order chi connectivity index (χ1) is 8.70. The van der Waals surface area contributed by atoms with E-state index in [0.29, 0.717) is 17.3 Å². The second kappa shape index (κ2) is 5.89. The number of benzene rings is 2. The van der Waals surface area contributed by atoms with Gasteiger partial charge in [-0.15, -0.1) is 0 Å². The van der Waals surface area contributed by atoms with E-state index in [-0.39, 0.29) is 0 Å². The molecule has 2 aromatic rings. The summed E-state index contributed by atoms with van der Waals surface area (Å²) in [5.41, 5.74) is 8.00. The molecule has 0 heterocycles. The van der Waals surface area contributed by atoms with Crippen molar-refractivity contribution in [3.05, 3.63) is 58.6 Å². The predicted molar refractivity (Wildman–Crippen MR) is 75.5 cm³/mol. The van der Waals surface area contributed by atoms with E-state index in [1.807, 2.05) is 42.5 Å². The Morgan fingerprint density at radius 3 is 2.61 bits per heavy atom. The molecule has 2 aromatic carbocycles. The summed E-state index contributed by atoms with van der Waals surface area (Å²) < 4.78 is 5.76. The maximum absolute atomic E-state index is 6.05. The first-order valence-electron chi connectivity index (χ1n) is 5.92. The lowest BCUT2D eigenvalue weighted by atomic mass is 10.1. The number of rotatable bonds is 4. The molecule has 2 rings (SSSR count). The summed E-state index contributed by atoms with van der Waals surface area (Å²) in [6.07, 6.45) is 0.887. The van der Waals surface area contributed by atoms with Crippen LogP contribution in [0.1, 0.15) is 11.1 Å². The minimum Gasteiger partial charge on any atom is -0.456 e. The first-order valence-corrected chi connectivity index (χ1v) is 6.30. The molecule has 0 aliphatic rings. The van der Waals surface area contributed by atoms with Crippen molar-refractivity contribution in [2.75, 3.05) is 6.54 Å². The SMILES string of the molecule is Cc1cc(Oc2ccccc2Cl)ccc1CCN. The maximum Gasteiger partial charge on any atom is 0.146 e. The van der Waals surface area contributed by atoms with Crippen LogP contribution in [0.4, 0.5) is 0 Å².